The number of ether oxygens (including phenoxy) is 2. The van der Waals surface area contributed by atoms with Crippen LogP contribution in [-0.4, -0.2) is 71.0 Å². The number of benzene rings is 1. The van der Waals surface area contributed by atoms with Crippen molar-refractivity contribution in [2.75, 3.05) is 65.0 Å². The van der Waals surface area contributed by atoms with Gasteiger partial charge in [0.2, 0.25) is 0 Å². The Morgan fingerprint density at radius 2 is 1.83 bits per heavy atom. The Labute approximate surface area is 139 Å². The number of piperazine rings is 1. The highest BCUT2D eigenvalue weighted by Gasteiger charge is 2.19. The Bertz CT molecular complexity index is 482. The van der Waals surface area contributed by atoms with Gasteiger partial charge in [-0.05, 0) is 31.2 Å². The summed E-state index contributed by atoms with van der Waals surface area (Å²) in [5, 5.41) is 3.37. The van der Waals surface area contributed by atoms with Gasteiger partial charge in [-0.1, -0.05) is 0 Å². The zero-order chi connectivity index (χ0) is 16.5. The number of methoxy groups -OCH3 is 2. The molecule has 23 heavy (non-hydrogen) atoms. The van der Waals surface area contributed by atoms with Crippen molar-refractivity contribution in [1.29, 1.82) is 0 Å². The first-order valence-corrected chi connectivity index (χ1v) is 8.19. The van der Waals surface area contributed by atoms with Crippen LogP contribution in [0.4, 0.5) is 5.69 Å². The molecule has 1 aromatic carbocycles. The summed E-state index contributed by atoms with van der Waals surface area (Å²) in [6, 6.07) is 8.26. The number of hydrogen-bond donors (Lipinski definition) is 1. The van der Waals surface area contributed by atoms with Gasteiger partial charge in [-0.3, -0.25) is 4.99 Å². The minimum atomic E-state index is 0.653. The number of aliphatic imine (C=N–C) groups is 1. The number of nitrogens with zero attached hydrogens (tertiary/aromatic N) is 3. The molecule has 6 heteroatoms. The summed E-state index contributed by atoms with van der Waals surface area (Å²) in [4.78, 5) is 9.33. The van der Waals surface area contributed by atoms with Crippen LogP contribution < -0.4 is 15.0 Å². The standard InChI is InChI=1S/C17H28N4O2/c1-4-18-17(19-9-14-22-2)21-12-10-20(11-13-21)15-5-7-16(23-3)8-6-15/h5-8H,4,9-14H2,1-3H3,(H,18,19). The molecule has 0 aromatic heterocycles. The molecule has 128 valence electrons. The summed E-state index contributed by atoms with van der Waals surface area (Å²) in [5.74, 6) is 1.88. The fourth-order valence-corrected chi connectivity index (χ4v) is 2.64. The van der Waals surface area contributed by atoms with Crippen LogP contribution in [-0.2, 0) is 4.74 Å². The Morgan fingerprint density at radius 1 is 1.13 bits per heavy atom. The highest BCUT2D eigenvalue weighted by atomic mass is 16.5. The average Bonchev–Trinajstić information content (AvgIpc) is 2.61. The van der Waals surface area contributed by atoms with E-state index in [2.05, 4.69) is 39.2 Å². The molecule has 1 saturated heterocycles. The number of hydrogen-bond acceptors (Lipinski definition) is 4. The molecule has 0 aliphatic carbocycles. The Balaban J connectivity index is 1.91. The molecule has 0 unspecified atom stereocenters. The first-order valence-electron chi connectivity index (χ1n) is 8.19. The van der Waals surface area contributed by atoms with Crippen molar-refractivity contribution in [3.8, 4) is 5.75 Å². The normalized spacial score (nSPS) is 15.7. The molecule has 1 aliphatic heterocycles. The summed E-state index contributed by atoms with van der Waals surface area (Å²) in [5.41, 5.74) is 1.24. The largest absolute Gasteiger partial charge is 0.497 e. The molecule has 0 radical (unpaired) electrons. The number of anilines is 1. The van der Waals surface area contributed by atoms with Crippen molar-refractivity contribution in [2.24, 2.45) is 4.99 Å². The molecule has 1 fully saturated rings. The minimum absolute atomic E-state index is 0.653. The lowest BCUT2D eigenvalue weighted by atomic mass is 10.2. The van der Waals surface area contributed by atoms with Crippen molar-refractivity contribution in [1.82, 2.24) is 10.2 Å². The zero-order valence-electron chi connectivity index (χ0n) is 14.4. The Morgan fingerprint density at radius 3 is 2.39 bits per heavy atom. The summed E-state index contributed by atoms with van der Waals surface area (Å²) in [6.07, 6.45) is 0. The fourth-order valence-electron chi connectivity index (χ4n) is 2.64. The van der Waals surface area contributed by atoms with Gasteiger partial charge in [-0.25, -0.2) is 0 Å². The monoisotopic (exact) mass is 320 g/mol. The van der Waals surface area contributed by atoms with Crippen LogP contribution in [0.15, 0.2) is 29.3 Å². The lowest BCUT2D eigenvalue weighted by molar-refractivity contribution is 0.207. The third-order valence-electron chi connectivity index (χ3n) is 3.91. The maximum Gasteiger partial charge on any atom is 0.194 e. The maximum absolute atomic E-state index is 5.22. The highest BCUT2D eigenvalue weighted by Crippen LogP contribution is 2.20. The van der Waals surface area contributed by atoms with Crippen molar-refractivity contribution >= 4 is 11.6 Å². The molecule has 2 rings (SSSR count). The first-order chi connectivity index (χ1) is 11.3. The van der Waals surface area contributed by atoms with Crippen molar-refractivity contribution in [3.05, 3.63) is 24.3 Å². The van der Waals surface area contributed by atoms with Gasteiger partial charge in [0.1, 0.15) is 5.75 Å². The van der Waals surface area contributed by atoms with E-state index in [1.165, 1.54) is 5.69 Å². The SMILES string of the molecule is CCNC(=NCCOC)N1CCN(c2ccc(OC)cc2)CC1. The molecular weight excluding hydrogens is 292 g/mol. The van der Waals surface area contributed by atoms with E-state index < -0.39 is 0 Å². The molecule has 6 nitrogen and oxygen atoms in total. The summed E-state index contributed by atoms with van der Waals surface area (Å²) in [6.45, 7) is 8.22. The van der Waals surface area contributed by atoms with Gasteiger partial charge in [0, 0.05) is 45.5 Å². The summed E-state index contributed by atoms with van der Waals surface area (Å²) < 4.78 is 10.3. The topological polar surface area (TPSA) is 49.3 Å². The van der Waals surface area contributed by atoms with E-state index in [0.29, 0.717) is 13.2 Å². The first kappa shape index (κ1) is 17.4. The predicted octanol–water partition coefficient (Wildman–Crippen LogP) is 1.43. The van der Waals surface area contributed by atoms with Gasteiger partial charge in [0.25, 0.3) is 0 Å². The molecule has 0 spiro atoms. The summed E-state index contributed by atoms with van der Waals surface area (Å²) >= 11 is 0. The van der Waals surface area contributed by atoms with Crippen LogP contribution in [0.3, 0.4) is 0 Å². The van der Waals surface area contributed by atoms with Crippen LogP contribution in [0.25, 0.3) is 0 Å². The van der Waals surface area contributed by atoms with Crippen LogP contribution in [0, 0.1) is 0 Å². The number of nitrogens with one attached hydrogen (secondary N) is 1. The minimum Gasteiger partial charge on any atom is -0.497 e. The van der Waals surface area contributed by atoms with Gasteiger partial charge in [0.05, 0.1) is 20.3 Å². The van der Waals surface area contributed by atoms with E-state index in [1.807, 2.05) is 12.1 Å². The van der Waals surface area contributed by atoms with Crippen LogP contribution in [0.1, 0.15) is 6.92 Å². The number of rotatable bonds is 6. The third kappa shape index (κ3) is 5.03. The molecule has 0 atom stereocenters. The van der Waals surface area contributed by atoms with Crippen LogP contribution >= 0.6 is 0 Å². The maximum atomic E-state index is 5.22. The lowest BCUT2D eigenvalue weighted by Gasteiger charge is -2.37. The van der Waals surface area contributed by atoms with Gasteiger partial charge in [-0.2, -0.15) is 0 Å². The van der Waals surface area contributed by atoms with E-state index in [0.717, 1.165) is 44.4 Å². The van der Waals surface area contributed by atoms with E-state index in [9.17, 15) is 0 Å². The molecule has 1 aromatic rings. The zero-order valence-corrected chi connectivity index (χ0v) is 14.4. The van der Waals surface area contributed by atoms with Crippen molar-refractivity contribution < 1.29 is 9.47 Å². The van der Waals surface area contributed by atoms with Crippen molar-refractivity contribution in [2.45, 2.75) is 6.92 Å². The number of guanidine groups is 1. The molecular formula is C17H28N4O2. The second-order valence-electron chi connectivity index (χ2n) is 5.40. The quantitative estimate of drug-likeness (QED) is 0.488. The smallest absolute Gasteiger partial charge is 0.194 e. The molecule has 0 bridgehead atoms. The van der Waals surface area contributed by atoms with Crippen molar-refractivity contribution in [3.63, 3.8) is 0 Å². The second-order valence-corrected chi connectivity index (χ2v) is 5.40. The molecule has 1 N–H and O–H groups in total. The van der Waals surface area contributed by atoms with E-state index in [-0.39, 0.29) is 0 Å². The summed E-state index contributed by atoms with van der Waals surface area (Å²) in [7, 11) is 3.40. The van der Waals surface area contributed by atoms with Crippen LogP contribution in [0.5, 0.6) is 5.75 Å². The van der Waals surface area contributed by atoms with E-state index >= 15 is 0 Å². The van der Waals surface area contributed by atoms with Crippen LogP contribution in [0.2, 0.25) is 0 Å². The predicted molar refractivity (Wildman–Crippen MR) is 94.6 cm³/mol. The highest BCUT2D eigenvalue weighted by molar-refractivity contribution is 5.80. The molecule has 0 saturated carbocycles. The van der Waals surface area contributed by atoms with Gasteiger partial charge >= 0.3 is 0 Å². The lowest BCUT2D eigenvalue weighted by Crippen LogP contribution is -2.52. The van der Waals surface area contributed by atoms with Gasteiger partial charge in [-0.15, -0.1) is 0 Å². The van der Waals surface area contributed by atoms with Gasteiger partial charge < -0.3 is 24.6 Å². The molecule has 0 amide bonds. The Kier molecular flexibility index (Phi) is 7.00. The fraction of sp³-hybridized carbons (Fsp3) is 0.588. The Hall–Kier alpha value is -1.95. The van der Waals surface area contributed by atoms with Gasteiger partial charge in [0.15, 0.2) is 5.96 Å². The second kappa shape index (κ2) is 9.25. The van der Waals surface area contributed by atoms with E-state index in [1.54, 1.807) is 14.2 Å². The molecule has 1 aliphatic rings. The average molecular weight is 320 g/mol. The molecule has 1 heterocycles. The van der Waals surface area contributed by atoms with E-state index in [4.69, 9.17) is 9.47 Å². The third-order valence-corrected chi connectivity index (χ3v) is 3.91.